The van der Waals surface area contributed by atoms with Crippen molar-refractivity contribution in [1.82, 2.24) is 0 Å². The number of ether oxygens (including phenoxy) is 1. The lowest BCUT2D eigenvalue weighted by molar-refractivity contribution is 0.0669. The topological polar surface area (TPSA) is 9.23 Å². The van der Waals surface area contributed by atoms with Crippen LogP contribution in [0.5, 0.6) is 0 Å². The van der Waals surface area contributed by atoms with E-state index in [2.05, 4.69) is 5.67 Å². The van der Waals surface area contributed by atoms with Crippen molar-refractivity contribution in [3.63, 3.8) is 0 Å². The Morgan fingerprint density at radius 3 is 3.09 bits per heavy atom. The van der Waals surface area contributed by atoms with Crippen LogP contribution in [0.3, 0.4) is 0 Å². The van der Waals surface area contributed by atoms with Crippen molar-refractivity contribution in [2.45, 2.75) is 37.5 Å². The molecule has 1 saturated heterocycles. The summed E-state index contributed by atoms with van der Waals surface area (Å²) in [5.74, 6) is 0. The summed E-state index contributed by atoms with van der Waals surface area (Å²) < 4.78 is 5.64. The maximum atomic E-state index is 5.64. The molecule has 0 aliphatic carbocycles. The fourth-order valence-corrected chi connectivity index (χ4v) is 3.84. The smallest absolute Gasteiger partial charge is 0.0590 e. The van der Waals surface area contributed by atoms with Crippen molar-refractivity contribution >= 4 is 25.0 Å². The van der Waals surface area contributed by atoms with Crippen LogP contribution >= 0.6 is 0 Å². The van der Waals surface area contributed by atoms with Crippen LogP contribution < -0.4 is 0 Å². The van der Waals surface area contributed by atoms with Gasteiger partial charge in [0.15, 0.2) is 0 Å². The van der Waals surface area contributed by atoms with Crippen LogP contribution in [0.15, 0.2) is 0 Å². The van der Waals surface area contributed by atoms with Gasteiger partial charge in [-0.15, -0.1) is 5.67 Å². The van der Waals surface area contributed by atoms with E-state index in [9.17, 15) is 0 Å². The molecule has 0 amide bonds. The third-order valence-electron chi connectivity index (χ3n) is 2.02. The molecule has 0 N–H and O–H groups in total. The molecule has 11 heavy (non-hydrogen) atoms. The van der Waals surface area contributed by atoms with Gasteiger partial charge in [0.05, 0.1) is 5.73 Å². The normalized spacial score (nSPS) is 26.4. The maximum absolute atomic E-state index is 5.64. The van der Waals surface area contributed by atoms with Gasteiger partial charge in [-0.1, -0.05) is 6.04 Å². The van der Waals surface area contributed by atoms with Gasteiger partial charge in [0, 0.05) is 26.0 Å². The van der Waals surface area contributed by atoms with E-state index in [1.165, 1.54) is 42.0 Å². The average Bonchev–Trinajstić information content (AvgIpc) is 2.07. The van der Waals surface area contributed by atoms with Gasteiger partial charge in [-0.05, 0) is 25.7 Å². The van der Waals surface area contributed by atoms with Crippen LogP contribution in [0.4, 0.5) is 0 Å². The van der Waals surface area contributed by atoms with Crippen molar-refractivity contribution in [3.8, 4) is 0 Å². The van der Waals surface area contributed by atoms with Gasteiger partial charge in [0.1, 0.15) is 0 Å². The molecule has 0 saturated carbocycles. The fraction of sp³-hybridized carbons (Fsp3) is 0.875. The molecule has 1 unspecified atom stereocenters. The Morgan fingerprint density at radius 2 is 2.45 bits per heavy atom. The lowest BCUT2D eigenvalue weighted by atomic mass is 10.2. The third-order valence-corrected chi connectivity index (χ3v) is 4.16. The molecule has 0 spiro atoms. The number of hydrogen-bond acceptors (Lipinski definition) is 1. The van der Waals surface area contributed by atoms with Gasteiger partial charge in [-0.2, -0.15) is 0 Å². The zero-order chi connectivity index (χ0) is 7.94. The van der Waals surface area contributed by atoms with Crippen LogP contribution in [0, 0.1) is 0 Å². The molecule has 1 nitrogen and oxygen atoms in total. The second-order valence-electron chi connectivity index (χ2n) is 3.12. The maximum Gasteiger partial charge on any atom is 0.0590 e. The Balaban J connectivity index is 2.13. The third kappa shape index (κ3) is 3.98. The predicted molar refractivity (Wildman–Crippen MR) is 56.2 cm³/mol. The summed E-state index contributed by atoms with van der Waals surface area (Å²) in [4.78, 5) is 0. The molecule has 1 heterocycles. The van der Waals surface area contributed by atoms with E-state index in [0.717, 1.165) is 6.61 Å². The lowest BCUT2D eigenvalue weighted by Gasteiger charge is -2.18. The molecule has 1 atom stereocenters. The molecule has 3 heteroatoms. The van der Waals surface area contributed by atoms with Crippen molar-refractivity contribution in [1.29, 1.82) is 0 Å². The Kier molecular flexibility index (Phi) is 4.98. The molecule has 64 valence electrons. The van der Waals surface area contributed by atoms with Crippen molar-refractivity contribution in [3.05, 3.63) is 0 Å². The van der Waals surface area contributed by atoms with Crippen LogP contribution in [0.2, 0.25) is 6.04 Å². The predicted octanol–water partition coefficient (Wildman–Crippen LogP) is -0.0745. The highest BCUT2D eigenvalue weighted by molar-refractivity contribution is 6.48. The monoisotopic (exact) mass is 186 g/mol. The van der Waals surface area contributed by atoms with E-state index in [0.29, 0.717) is 14.9 Å². The molecule has 1 rings (SSSR count). The Hall–Kier alpha value is 0.264. The van der Waals surface area contributed by atoms with E-state index in [-0.39, 0.29) is 0 Å². The summed E-state index contributed by atoms with van der Waals surface area (Å²) in [7, 11) is 1.85. The van der Waals surface area contributed by atoms with E-state index >= 15 is 0 Å². The summed E-state index contributed by atoms with van der Waals surface area (Å²) in [6, 6.07) is 1.43. The first-order chi connectivity index (χ1) is 5.43. The Bertz CT molecular complexity index is 119. The van der Waals surface area contributed by atoms with E-state index in [4.69, 9.17) is 4.74 Å². The second-order valence-corrected chi connectivity index (χ2v) is 5.72. The van der Waals surface area contributed by atoms with Crippen molar-refractivity contribution in [2.24, 2.45) is 0 Å². The summed E-state index contributed by atoms with van der Waals surface area (Å²) in [6.45, 7) is 1.02. The zero-order valence-corrected chi connectivity index (χ0v) is 10.5. The first-order valence-electron chi connectivity index (χ1n) is 4.71. The van der Waals surface area contributed by atoms with Gasteiger partial charge in [0.2, 0.25) is 0 Å². The van der Waals surface area contributed by atoms with Crippen LogP contribution in [0.1, 0.15) is 25.7 Å². The first-order valence-corrected chi connectivity index (χ1v) is 7.46. The Labute approximate surface area is 74.4 Å². The SMILES string of the molecule is [SiH3]CCC=[SiH]C1CCCCO1. The summed E-state index contributed by atoms with van der Waals surface area (Å²) in [5, 5.41) is 0. The fourth-order valence-electron chi connectivity index (χ4n) is 1.33. The van der Waals surface area contributed by atoms with Gasteiger partial charge in [0.25, 0.3) is 0 Å². The second kappa shape index (κ2) is 5.86. The number of hydrogen-bond donors (Lipinski definition) is 0. The van der Waals surface area contributed by atoms with Gasteiger partial charge in [-0.25, -0.2) is 0 Å². The molecular weight excluding hydrogens is 168 g/mol. The molecule has 0 bridgehead atoms. The Morgan fingerprint density at radius 1 is 1.55 bits per heavy atom. The number of rotatable bonds is 3. The highest BCUT2D eigenvalue weighted by Crippen LogP contribution is 2.09. The van der Waals surface area contributed by atoms with Crippen molar-refractivity contribution in [2.75, 3.05) is 6.61 Å². The lowest BCUT2D eigenvalue weighted by Crippen LogP contribution is -2.22. The molecule has 0 radical (unpaired) electrons. The van der Waals surface area contributed by atoms with Gasteiger partial charge >= 0.3 is 0 Å². The van der Waals surface area contributed by atoms with E-state index < -0.39 is 0 Å². The summed E-state index contributed by atoms with van der Waals surface area (Å²) in [5.41, 5.74) is 3.14. The zero-order valence-electron chi connectivity index (χ0n) is 7.38. The van der Waals surface area contributed by atoms with E-state index in [1.54, 1.807) is 0 Å². The van der Waals surface area contributed by atoms with Gasteiger partial charge < -0.3 is 4.74 Å². The molecule has 0 aromatic rings. The largest absolute Gasteiger partial charge is 0.378 e. The highest BCUT2D eigenvalue weighted by atomic mass is 28.2. The molecule has 1 aliphatic rings. The molecule has 1 fully saturated rings. The first kappa shape index (κ1) is 9.35. The highest BCUT2D eigenvalue weighted by Gasteiger charge is 2.09. The average molecular weight is 186 g/mol. The molecule has 0 aromatic heterocycles. The van der Waals surface area contributed by atoms with Gasteiger partial charge in [-0.3, -0.25) is 0 Å². The molecular formula is C8H18OSi2. The van der Waals surface area contributed by atoms with Crippen LogP contribution in [-0.4, -0.2) is 37.4 Å². The summed E-state index contributed by atoms with van der Waals surface area (Å²) in [6.07, 6.45) is 5.36. The molecule has 0 aromatic carbocycles. The standard InChI is InChI=1S/C8H18OSi2/c10-6-3-7-11-8-4-1-2-5-9-8/h7-8,11H,1-6H2,10H3. The quantitative estimate of drug-likeness (QED) is 0.561. The minimum atomic E-state index is 0.496. The minimum Gasteiger partial charge on any atom is -0.378 e. The minimum absolute atomic E-state index is 0.496. The van der Waals surface area contributed by atoms with Crippen LogP contribution in [-0.2, 0) is 4.74 Å². The summed E-state index contributed by atoms with van der Waals surface area (Å²) >= 11 is 0. The van der Waals surface area contributed by atoms with Crippen molar-refractivity contribution < 1.29 is 4.74 Å². The van der Waals surface area contributed by atoms with E-state index in [1.807, 2.05) is 0 Å². The van der Waals surface area contributed by atoms with Crippen LogP contribution in [0.25, 0.3) is 0 Å². The molecule has 1 aliphatic heterocycles.